The first-order chi connectivity index (χ1) is 11.2. The first kappa shape index (κ1) is 19.5. The molecule has 132 valence electrons. The monoisotopic (exact) mass is 337 g/mol. The summed E-state index contributed by atoms with van der Waals surface area (Å²) < 4.78 is 14.6. The molecule has 0 aromatic heterocycles. The van der Waals surface area contributed by atoms with Gasteiger partial charge in [-0.25, -0.2) is 4.79 Å². The second-order valence-corrected chi connectivity index (χ2v) is 6.09. The quantitative estimate of drug-likeness (QED) is 0.630. The highest BCUT2D eigenvalue weighted by Gasteiger charge is 2.16. The Hall–Kier alpha value is -2.57. The minimum absolute atomic E-state index is 0.0767. The molecule has 1 rings (SSSR count). The Kier molecular flexibility index (Phi) is 7.23. The van der Waals surface area contributed by atoms with Crippen molar-refractivity contribution < 1.29 is 28.6 Å². The molecular weight excluding hydrogens is 314 g/mol. The van der Waals surface area contributed by atoms with Gasteiger partial charge in [-0.15, -0.1) is 0 Å². The molecule has 0 bridgehead atoms. The molecule has 1 aromatic rings. The second-order valence-electron chi connectivity index (χ2n) is 6.09. The van der Waals surface area contributed by atoms with Crippen LogP contribution in [0.2, 0.25) is 0 Å². The standard InChI is InChI=1S/C17H23NO6/c1-17(2,3)24-16(21)18-10-15(20)23-11-13-7-5-12(6-8-13)9-14(19)22-4/h5-8H,9-11H2,1-4H3,(H,18,21). The summed E-state index contributed by atoms with van der Waals surface area (Å²) in [6.07, 6.45) is -0.484. The van der Waals surface area contributed by atoms with Crippen molar-refractivity contribution in [2.45, 2.75) is 39.4 Å². The molecule has 0 radical (unpaired) electrons. The third-order valence-electron chi connectivity index (χ3n) is 2.77. The minimum Gasteiger partial charge on any atom is -0.469 e. The van der Waals surface area contributed by atoms with E-state index in [1.807, 2.05) is 0 Å². The summed E-state index contributed by atoms with van der Waals surface area (Å²) in [6, 6.07) is 7.04. The third-order valence-corrected chi connectivity index (χ3v) is 2.77. The number of rotatable bonds is 6. The first-order valence-corrected chi connectivity index (χ1v) is 7.46. The first-order valence-electron chi connectivity index (χ1n) is 7.46. The molecule has 7 heteroatoms. The zero-order valence-electron chi connectivity index (χ0n) is 14.4. The van der Waals surface area contributed by atoms with Crippen LogP contribution in [0.4, 0.5) is 4.79 Å². The van der Waals surface area contributed by atoms with Gasteiger partial charge in [0.2, 0.25) is 0 Å². The molecule has 1 amide bonds. The van der Waals surface area contributed by atoms with Crippen molar-refractivity contribution in [3.8, 4) is 0 Å². The summed E-state index contributed by atoms with van der Waals surface area (Å²) in [7, 11) is 1.33. The van der Waals surface area contributed by atoms with Gasteiger partial charge in [-0.3, -0.25) is 9.59 Å². The van der Waals surface area contributed by atoms with Crippen molar-refractivity contribution in [3.05, 3.63) is 35.4 Å². The van der Waals surface area contributed by atoms with Crippen LogP contribution >= 0.6 is 0 Å². The SMILES string of the molecule is COC(=O)Cc1ccc(COC(=O)CNC(=O)OC(C)(C)C)cc1. The fourth-order valence-corrected chi connectivity index (χ4v) is 1.67. The van der Waals surface area contributed by atoms with Crippen molar-refractivity contribution in [2.24, 2.45) is 0 Å². The summed E-state index contributed by atoms with van der Waals surface area (Å²) in [5.41, 5.74) is 0.956. The van der Waals surface area contributed by atoms with Crippen molar-refractivity contribution in [3.63, 3.8) is 0 Å². The van der Waals surface area contributed by atoms with Crippen LogP contribution in [0.25, 0.3) is 0 Å². The summed E-state index contributed by atoms with van der Waals surface area (Å²) >= 11 is 0. The van der Waals surface area contributed by atoms with Crippen molar-refractivity contribution in [2.75, 3.05) is 13.7 Å². The molecule has 0 unspecified atom stereocenters. The average molecular weight is 337 g/mol. The van der Waals surface area contributed by atoms with Gasteiger partial charge >= 0.3 is 18.0 Å². The Bertz CT molecular complexity index is 574. The fourth-order valence-electron chi connectivity index (χ4n) is 1.67. The molecular formula is C17H23NO6. The molecule has 0 saturated carbocycles. The molecule has 0 atom stereocenters. The largest absolute Gasteiger partial charge is 0.469 e. The fraction of sp³-hybridized carbons (Fsp3) is 0.471. The maximum absolute atomic E-state index is 11.6. The van der Waals surface area contributed by atoms with Crippen LogP contribution in [0.15, 0.2) is 24.3 Å². The predicted octanol–water partition coefficient (Wildman–Crippen LogP) is 1.97. The van der Waals surface area contributed by atoms with Crippen LogP contribution in [0, 0.1) is 0 Å². The van der Waals surface area contributed by atoms with Crippen LogP contribution in [-0.2, 0) is 36.8 Å². The molecule has 0 heterocycles. The Morgan fingerprint density at radius 3 is 2.12 bits per heavy atom. The Morgan fingerprint density at radius 1 is 1.00 bits per heavy atom. The number of alkyl carbamates (subject to hydrolysis) is 1. The van der Waals surface area contributed by atoms with Gasteiger partial charge in [0.25, 0.3) is 0 Å². The van der Waals surface area contributed by atoms with Gasteiger partial charge < -0.3 is 19.5 Å². The van der Waals surface area contributed by atoms with E-state index in [4.69, 9.17) is 9.47 Å². The maximum atomic E-state index is 11.6. The van der Waals surface area contributed by atoms with Crippen LogP contribution < -0.4 is 5.32 Å². The Labute approximate surface area is 141 Å². The molecule has 0 aliphatic heterocycles. The zero-order valence-corrected chi connectivity index (χ0v) is 14.4. The van der Waals surface area contributed by atoms with Gasteiger partial charge in [-0.2, -0.15) is 0 Å². The molecule has 0 saturated heterocycles. The van der Waals surface area contributed by atoms with E-state index in [2.05, 4.69) is 10.1 Å². The number of amides is 1. The molecule has 7 nitrogen and oxygen atoms in total. The molecule has 0 aliphatic carbocycles. The zero-order chi connectivity index (χ0) is 18.2. The lowest BCUT2D eigenvalue weighted by Crippen LogP contribution is -2.36. The second kappa shape index (κ2) is 8.90. The highest BCUT2D eigenvalue weighted by molar-refractivity contribution is 5.78. The number of hydrogen-bond donors (Lipinski definition) is 1. The van der Waals surface area contributed by atoms with Crippen LogP contribution in [0.5, 0.6) is 0 Å². The van der Waals surface area contributed by atoms with E-state index < -0.39 is 17.7 Å². The van der Waals surface area contributed by atoms with E-state index in [1.165, 1.54) is 7.11 Å². The minimum atomic E-state index is -0.674. The van der Waals surface area contributed by atoms with E-state index in [0.29, 0.717) is 0 Å². The highest BCUT2D eigenvalue weighted by atomic mass is 16.6. The third kappa shape index (κ3) is 8.17. The lowest BCUT2D eigenvalue weighted by molar-refractivity contribution is -0.144. The van der Waals surface area contributed by atoms with E-state index in [1.54, 1.807) is 45.0 Å². The van der Waals surface area contributed by atoms with Crippen molar-refractivity contribution >= 4 is 18.0 Å². The number of nitrogens with one attached hydrogen (secondary N) is 1. The summed E-state index contributed by atoms with van der Waals surface area (Å²) in [5.74, 6) is -0.887. The van der Waals surface area contributed by atoms with Gasteiger partial charge in [-0.05, 0) is 31.9 Å². The number of carbonyl (C=O) groups excluding carboxylic acids is 3. The molecule has 0 aliphatic rings. The normalized spacial score (nSPS) is 10.7. The molecule has 1 aromatic carbocycles. The number of esters is 2. The average Bonchev–Trinajstić information content (AvgIpc) is 2.50. The number of ether oxygens (including phenoxy) is 3. The van der Waals surface area contributed by atoms with E-state index in [0.717, 1.165) is 11.1 Å². The summed E-state index contributed by atoms with van der Waals surface area (Å²) in [4.78, 5) is 34.2. The Balaban J connectivity index is 2.34. The van der Waals surface area contributed by atoms with Crippen molar-refractivity contribution in [1.82, 2.24) is 5.32 Å². The highest BCUT2D eigenvalue weighted by Crippen LogP contribution is 2.08. The van der Waals surface area contributed by atoms with Gasteiger partial charge in [0.1, 0.15) is 18.8 Å². The van der Waals surface area contributed by atoms with Crippen LogP contribution in [0.3, 0.4) is 0 Å². The van der Waals surface area contributed by atoms with Gasteiger partial charge in [0.15, 0.2) is 0 Å². The molecule has 24 heavy (non-hydrogen) atoms. The predicted molar refractivity (Wildman–Crippen MR) is 86.2 cm³/mol. The van der Waals surface area contributed by atoms with Gasteiger partial charge in [-0.1, -0.05) is 24.3 Å². The molecule has 0 spiro atoms. The lowest BCUT2D eigenvalue weighted by atomic mass is 10.1. The Morgan fingerprint density at radius 2 is 1.58 bits per heavy atom. The topological polar surface area (TPSA) is 90.9 Å². The van der Waals surface area contributed by atoms with E-state index in [9.17, 15) is 14.4 Å². The van der Waals surface area contributed by atoms with E-state index in [-0.39, 0.29) is 25.5 Å². The number of hydrogen-bond acceptors (Lipinski definition) is 6. The number of carbonyl (C=O) groups is 3. The molecule has 1 N–H and O–H groups in total. The molecule has 0 fully saturated rings. The van der Waals surface area contributed by atoms with Crippen LogP contribution in [-0.4, -0.2) is 37.3 Å². The maximum Gasteiger partial charge on any atom is 0.408 e. The van der Waals surface area contributed by atoms with E-state index >= 15 is 0 Å². The summed E-state index contributed by atoms with van der Waals surface area (Å²) in [5, 5.41) is 2.33. The number of methoxy groups -OCH3 is 1. The smallest absolute Gasteiger partial charge is 0.408 e. The number of benzene rings is 1. The van der Waals surface area contributed by atoms with Gasteiger partial charge in [0.05, 0.1) is 13.5 Å². The lowest BCUT2D eigenvalue weighted by Gasteiger charge is -2.19. The van der Waals surface area contributed by atoms with Crippen molar-refractivity contribution in [1.29, 1.82) is 0 Å². The van der Waals surface area contributed by atoms with Crippen LogP contribution in [0.1, 0.15) is 31.9 Å². The summed E-state index contributed by atoms with van der Waals surface area (Å²) in [6.45, 7) is 5.00. The van der Waals surface area contributed by atoms with Gasteiger partial charge in [0, 0.05) is 0 Å².